The van der Waals surface area contributed by atoms with E-state index in [4.69, 9.17) is 14.2 Å². The fourth-order valence-corrected chi connectivity index (χ4v) is 4.15. The first-order valence-electron chi connectivity index (χ1n) is 9.43. The summed E-state index contributed by atoms with van der Waals surface area (Å²) in [5, 5.41) is 0. The van der Waals surface area contributed by atoms with Gasteiger partial charge in [-0.05, 0) is 55.7 Å². The van der Waals surface area contributed by atoms with Gasteiger partial charge in [-0.3, -0.25) is 4.79 Å². The Balaban J connectivity index is 1.62. The van der Waals surface area contributed by atoms with Crippen molar-refractivity contribution >= 4 is 5.91 Å². The molecule has 1 amide bonds. The SMILES string of the molecule is COc1ccc([C@H]2CCCN2C(=O)c2ccc3c(c2)C[C@@H](C)O3)c(OC)c1. The maximum Gasteiger partial charge on any atom is 0.254 e. The lowest BCUT2D eigenvalue weighted by molar-refractivity contribution is 0.0734. The van der Waals surface area contributed by atoms with Crippen molar-refractivity contribution in [3.8, 4) is 17.2 Å². The number of hydrogen-bond donors (Lipinski definition) is 0. The summed E-state index contributed by atoms with van der Waals surface area (Å²) in [6.07, 6.45) is 2.94. The lowest BCUT2D eigenvalue weighted by Gasteiger charge is -2.27. The molecule has 2 aromatic carbocycles. The van der Waals surface area contributed by atoms with Gasteiger partial charge in [0.05, 0.1) is 20.3 Å². The molecule has 2 aliphatic rings. The number of benzene rings is 2. The molecule has 0 aliphatic carbocycles. The molecular formula is C22H25NO4. The van der Waals surface area contributed by atoms with Gasteiger partial charge >= 0.3 is 0 Å². The summed E-state index contributed by atoms with van der Waals surface area (Å²) in [6.45, 7) is 2.80. The molecule has 1 saturated heterocycles. The van der Waals surface area contributed by atoms with Crippen LogP contribution in [0, 0.1) is 0 Å². The van der Waals surface area contributed by atoms with Crippen LogP contribution < -0.4 is 14.2 Å². The molecule has 0 aromatic heterocycles. The predicted molar refractivity (Wildman–Crippen MR) is 103 cm³/mol. The van der Waals surface area contributed by atoms with Crippen molar-refractivity contribution in [3.05, 3.63) is 53.1 Å². The number of nitrogens with zero attached hydrogens (tertiary/aromatic N) is 1. The Labute approximate surface area is 159 Å². The third-order valence-corrected chi connectivity index (χ3v) is 5.46. The highest BCUT2D eigenvalue weighted by Gasteiger charge is 2.33. The Morgan fingerprint density at radius 3 is 2.78 bits per heavy atom. The van der Waals surface area contributed by atoms with Gasteiger partial charge in [-0.15, -0.1) is 0 Å². The number of hydrogen-bond acceptors (Lipinski definition) is 4. The van der Waals surface area contributed by atoms with Gasteiger partial charge in [0.25, 0.3) is 5.91 Å². The highest BCUT2D eigenvalue weighted by Crippen LogP contribution is 2.40. The van der Waals surface area contributed by atoms with E-state index in [1.54, 1.807) is 14.2 Å². The molecule has 0 N–H and O–H groups in total. The van der Waals surface area contributed by atoms with E-state index in [0.717, 1.165) is 59.7 Å². The van der Waals surface area contributed by atoms with Crippen LogP contribution in [-0.4, -0.2) is 37.7 Å². The van der Waals surface area contributed by atoms with Gasteiger partial charge in [0.15, 0.2) is 0 Å². The zero-order valence-corrected chi connectivity index (χ0v) is 16.0. The first-order chi connectivity index (χ1) is 13.1. The number of likely N-dealkylation sites (tertiary alicyclic amines) is 1. The van der Waals surface area contributed by atoms with Crippen molar-refractivity contribution in [3.63, 3.8) is 0 Å². The lowest BCUT2D eigenvalue weighted by Crippen LogP contribution is -2.30. The van der Waals surface area contributed by atoms with Crippen LogP contribution in [-0.2, 0) is 6.42 Å². The molecule has 0 spiro atoms. The van der Waals surface area contributed by atoms with Gasteiger partial charge in [0.1, 0.15) is 23.4 Å². The maximum absolute atomic E-state index is 13.3. The normalized spacial score (nSPS) is 20.9. The number of fused-ring (bicyclic) bond motifs is 1. The van der Waals surface area contributed by atoms with E-state index in [1.807, 2.05) is 48.2 Å². The fraction of sp³-hybridized carbons (Fsp3) is 0.409. The fourth-order valence-electron chi connectivity index (χ4n) is 4.15. The van der Waals surface area contributed by atoms with Gasteiger partial charge in [-0.1, -0.05) is 0 Å². The minimum absolute atomic E-state index is 0.0155. The molecule has 4 rings (SSSR count). The number of rotatable bonds is 4. The Bertz CT molecular complexity index is 863. The van der Waals surface area contributed by atoms with Crippen LogP contribution in [0.15, 0.2) is 36.4 Å². The minimum Gasteiger partial charge on any atom is -0.497 e. The van der Waals surface area contributed by atoms with Crippen LogP contribution in [0.3, 0.4) is 0 Å². The molecule has 142 valence electrons. The molecule has 0 saturated carbocycles. The monoisotopic (exact) mass is 367 g/mol. The predicted octanol–water partition coefficient (Wildman–Crippen LogP) is 4.00. The number of carbonyl (C=O) groups excluding carboxylic acids is 1. The van der Waals surface area contributed by atoms with Crippen LogP contribution in [0.25, 0.3) is 0 Å². The van der Waals surface area contributed by atoms with E-state index in [2.05, 4.69) is 0 Å². The molecule has 2 aromatic rings. The van der Waals surface area contributed by atoms with Crippen molar-refractivity contribution in [2.24, 2.45) is 0 Å². The molecule has 27 heavy (non-hydrogen) atoms. The molecule has 5 heteroatoms. The van der Waals surface area contributed by atoms with Gasteiger partial charge in [0, 0.05) is 30.2 Å². The van der Waals surface area contributed by atoms with Crippen LogP contribution >= 0.6 is 0 Å². The molecule has 0 bridgehead atoms. The molecule has 2 aliphatic heterocycles. The Morgan fingerprint density at radius 2 is 2.00 bits per heavy atom. The Morgan fingerprint density at radius 1 is 1.15 bits per heavy atom. The van der Waals surface area contributed by atoms with Crippen molar-refractivity contribution in [2.75, 3.05) is 20.8 Å². The number of amides is 1. The van der Waals surface area contributed by atoms with E-state index in [-0.39, 0.29) is 18.1 Å². The molecule has 2 heterocycles. The van der Waals surface area contributed by atoms with Crippen LogP contribution in [0.2, 0.25) is 0 Å². The third-order valence-electron chi connectivity index (χ3n) is 5.46. The minimum atomic E-state index is 0.0155. The lowest BCUT2D eigenvalue weighted by atomic mass is 10.0. The highest BCUT2D eigenvalue weighted by molar-refractivity contribution is 5.95. The summed E-state index contributed by atoms with van der Waals surface area (Å²) in [6, 6.07) is 11.6. The number of carbonyl (C=O) groups is 1. The average Bonchev–Trinajstić information content (AvgIpc) is 3.31. The average molecular weight is 367 g/mol. The molecule has 2 atom stereocenters. The van der Waals surface area contributed by atoms with E-state index in [1.165, 1.54) is 0 Å². The molecule has 0 unspecified atom stereocenters. The van der Waals surface area contributed by atoms with Crippen LogP contribution in [0.4, 0.5) is 0 Å². The van der Waals surface area contributed by atoms with Crippen molar-refractivity contribution in [2.45, 2.75) is 38.3 Å². The van der Waals surface area contributed by atoms with E-state index in [9.17, 15) is 4.79 Å². The van der Waals surface area contributed by atoms with Gasteiger partial charge in [-0.25, -0.2) is 0 Å². The first kappa shape index (κ1) is 17.7. The highest BCUT2D eigenvalue weighted by atomic mass is 16.5. The maximum atomic E-state index is 13.3. The molecule has 0 radical (unpaired) electrons. The van der Waals surface area contributed by atoms with Gasteiger partial charge in [-0.2, -0.15) is 0 Å². The molecular weight excluding hydrogens is 342 g/mol. The Kier molecular flexibility index (Phi) is 4.68. The van der Waals surface area contributed by atoms with E-state index >= 15 is 0 Å². The smallest absolute Gasteiger partial charge is 0.254 e. The summed E-state index contributed by atoms with van der Waals surface area (Å²) in [5.41, 5.74) is 2.87. The standard InChI is InChI=1S/C22H25NO4/c1-14-11-16-12-15(6-9-20(16)27-14)22(24)23-10-4-5-19(23)18-8-7-17(25-2)13-21(18)26-3/h6-9,12-14,19H,4-5,10-11H2,1-3H3/t14-,19-/m1/s1. The first-order valence-corrected chi connectivity index (χ1v) is 9.43. The quantitative estimate of drug-likeness (QED) is 0.819. The zero-order chi connectivity index (χ0) is 19.0. The number of methoxy groups -OCH3 is 2. The van der Waals surface area contributed by atoms with Crippen molar-refractivity contribution in [1.29, 1.82) is 0 Å². The summed E-state index contributed by atoms with van der Waals surface area (Å²) in [7, 11) is 3.29. The molecule has 1 fully saturated rings. The van der Waals surface area contributed by atoms with Crippen molar-refractivity contribution in [1.82, 2.24) is 4.90 Å². The largest absolute Gasteiger partial charge is 0.497 e. The summed E-state index contributed by atoms with van der Waals surface area (Å²) >= 11 is 0. The third kappa shape index (κ3) is 3.22. The summed E-state index contributed by atoms with van der Waals surface area (Å²) < 4.78 is 16.6. The Hall–Kier alpha value is -2.69. The van der Waals surface area contributed by atoms with Crippen molar-refractivity contribution < 1.29 is 19.0 Å². The number of ether oxygens (including phenoxy) is 3. The van der Waals surface area contributed by atoms with E-state index in [0.29, 0.717) is 0 Å². The molecule has 5 nitrogen and oxygen atoms in total. The second-order valence-electron chi connectivity index (χ2n) is 7.22. The van der Waals surface area contributed by atoms with Crippen LogP contribution in [0.5, 0.6) is 17.2 Å². The van der Waals surface area contributed by atoms with E-state index < -0.39 is 0 Å². The second-order valence-corrected chi connectivity index (χ2v) is 7.22. The summed E-state index contributed by atoms with van der Waals surface area (Å²) in [5.74, 6) is 2.47. The topological polar surface area (TPSA) is 48.0 Å². The van der Waals surface area contributed by atoms with Gasteiger partial charge < -0.3 is 19.1 Å². The zero-order valence-electron chi connectivity index (χ0n) is 16.0. The summed E-state index contributed by atoms with van der Waals surface area (Å²) in [4.78, 5) is 15.2. The van der Waals surface area contributed by atoms with Gasteiger partial charge in [0.2, 0.25) is 0 Å². The second kappa shape index (κ2) is 7.14. The van der Waals surface area contributed by atoms with Crippen LogP contribution in [0.1, 0.15) is 47.3 Å².